The van der Waals surface area contributed by atoms with E-state index in [-0.39, 0.29) is 5.41 Å². The molecule has 1 heterocycles. The Morgan fingerprint density at radius 2 is 0.887 bits per heavy atom. The molecular weight excluding hydrogens is 641 g/mol. The molecule has 0 spiro atoms. The van der Waals surface area contributed by atoms with E-state index in [9.17, 15) is 0 Å². The average Bonchev–Trinajstić information content (AvgIpc) is 3.65. The molecule has 2 atom stereocenters. The number of unbranched alkanes of at least 4 members (excludes halogenated alkanes) is 26. The van der Waals surface area contributed by atoms with E-state index in [2.05, 4.69) is 109 Å². The van der Waals surface area contributed by atoms with E-state index in [1.54, 1.807) is 0 Å². The largest absolute Gasteiger partial charge is 0.244 e. The number of rotatable bonds is 35. The van der Waals surface area contributed by atoms with Gasteiger partial charge in [0.15, 0.2) is 0 Å². The van der Waals surface area contributed by atoms with Gasteiger partial charge in [-0.05, 0) is 43.2 Å². The van der Waals surface area contributed by atoms with Crippen molar-refractivity contribution in [3.8, 4) is 0 Å². The number of aromatic nitrogens is 2. The van der Waals surface area contributed by atoms with Gasteiger partial charge in [0, 0.05) is 5.41 Å². The normalized spacial score (nSPS) is 13.3. The lowest BCUT2D eigenvalue weighted by Crippen LogP contribution is -2.38. The summed E-state index contributed by atoms with van der Waals surface area (Å²) < 4.78 is 5.08. The quantitative estimate of drug-likeness (QED) is 0.0422. The maximum Gasteiger partial charge on any atom is 0.244 e. The lowest BCUT2D eigenvalue weighted by Gasteiger charge is -2.37. The van der Waals surface area contributed by atoms with Gasteiger partial charge in [0.05, 0.1) is 6.54 Å². The van der Waals surface area contributed by atoms with Crippen molar-refractivity contribution in [3.63, 3.8) is 0 Å². The highest BCUT2D eigenvalue weighted by molar-refractivity contribution is 5.30. The Labute approximate surface area is 330 Å². The van der Waals surface area contributed by atoms with Crippen molar-refractivity contribution in [2.45, 2.75) is 231 Å². The van der Waals surface area contributed by atoms with Gasteiger partial charge in [0.1, 0.15) is 18.4 Å². The van der Waals surface area contributed by atoms with Crippen LogP contribution in [-0.2, 0) is 18.4 Å². The van der Waals surface area contributed by atoms with Gasteiger partial charge >= 0.3 is 0 Å². The maximum absolute atomic E-state index is 2.60. The highest BCUT2D eigenvalue weighted by Crippen LogP contribution is 2.41. The lowest BCUT2D eigenvalue weighted by molar-refractivity contribution is -0.697. The summed E-state index contributed by atoms with van der Waals surface area (Å²) in [6, 6.07) is 23.1. The fourth-order valence-electron chi connectivity index (χ4n) is 8.80. The summed E-state index contributed by atoms with van der Waals surface area (Å²) in [7, 11) is 0. The van der Waals surface area contributed by atoms with Crippen LogP contribution < -0.4 is 4.57 Å². The van der Waals surface area contributed by atoms with Crippen molar-refractivity contribution in [1.29, 1.82) is 0 Å². The topological polar surface area (TPSA) is 8.81 Å². The molecule has 0 saturated carbocycles. The summed E-state index contributed by atoms with van der Waals surface area (Å²) in [6.07, 6.45) is 49.1. The minimum atomic E-state index is 0.00518. The summed E-state index contributed by atoms with van der Waals surface area (Å²) in [4.78, 5) is 0. The molecule has 2 heteroatoms. The Morgan fingerprint density at radius 1 is 0.491 bits per heavy atom. The molecule has 0 fully saturated rings. The second-order valence-corrected chi connectivity index (χ2v) is 17.0. The van der Waals surface area contributed by atoms with Crippen LogP contribution in [0.3, 0.4) is 0 Å². The molecule has 0 N–H and O–H groups in total. The van der Waals surface area contributed by atoms with Gasteiger partial charge < -0.3 is 0 Å². The van der Waals surface area contributed by atoms with E-state index in [0.717, 1.165) is 13.0 Å². The zero-order chi connectivity index (χ0) is 37.5. The number of hydrogen-bond acceptors (Lipinski definition) is 0. The molecule has 1 aromatic heterocycles. The summed E-state index contributed by atoms with van der Waals surface area (Å²) in [5.74, 6) is 0. The molecule has 0 aliphatic carbocycles. The second-order valence-electron chi connectivity index (χ2n) is 17.0. The second kappa shape index (κ2) is 29.9. The van der Waals surface area contributed by atoms with Crippen LogP contribution in [0.1, 0.15) is 224 Å². The Balaban J connectivity index is 1.46. The third kappa shape index (κ3) is 19.7. The monoisotopic (exact) mass is 726 g/mol. The van der Waals surface area contributed by atoms with E-state index in [1.165, 1.54) is 197 Å². The predicted molar refractivity (Wildman–Crippen MR) is 233 cm³/mol. The van der Waals surface area contributed by atoms with Crippen LogP contribution in [0.4, 0.5) is 0 Å². The molecule has 2 nitrogen and oxygen atoms in total. The minimum absolute atomic E-state index is 0.00518. The third-order valence-electron chi connectivity index (χ3n) is 12.3. The van der Waals surface area contributed by atoms with Gasteiger partial charge in [-0.3, -0.25) is 0 Å². The fourth-order valence-corrected chi connectivity index (χ4v) is 8.80. The first-order valence-corrected chi connectivity index (χ1v) is 23.3. The Kier molecular flexibility index (Phi) is 25.4. The summed E-state index contributed by atoms with van der Waals surface area (Å²) in [5, 5.41) is 0. The molecule has 298 valence electrons. The predicted octanol–water partition coefficient (Wildman–Crippen LogP) is 15.9. The molecule has 3 rings (SSSR count). The Hall–Kier alpha value is -2.35. The molecule has 0 bridgehead atoms. The standard InChI is InChI=1S/C51H85N2/c1-4-6-8-10-12-14-16-18-19-21-23-25-27-29-37-43-52-44-45-53(47-52)50(42-36-28-26-24-22-20-17-15-13-11-9-7-5-2)51(3,49-40-34-31-35-41-49)46-48-38-32-30-33-39-48/h30-35,38-41,44-45,47,50H,4-29,36-37,42-43,46H2,1-3H3/q+1. The smallest absolute Gasteiger partial charge is 0.237 e. The van der Waals surface area contributed by atoms with E-state index in [4.69, 9.17) is 0 Å². The van der Waals surface area contributed by atoms with Gasteiger partial charge in [-0.1, -0.05) is 242 Å². The van der Waals surface area contributed by atoms with Gasteiger partial charge in [-0.25, -0.2) is 9.13 Å². The number of nitrogens with zero attached hydrogens (tertiary/aromatic N) is 2. The highest BCUT2D eigenvalue weighted by Gasteiger charge is 2.40. The van der Waals surface area contributed by atoms with E-state index in [1.807, 2.05) is 0 Å². The SMILES string of the molecule is CCCCCCCCCCCCCCCCC[n+]1ccn(C(CCCCCCCCCCCCCCC)C(C)(Cc2ccccc2)c2ccccc2)c1. The van der Waals surface area contributed by atoms with Crippen molar-refractivity contribution < 1.29 is 4.57 Å². The van der Waals surface area contributed by atoms with Crippen LogP contribution in [-0.4, -0.2) is 4.57 Å². The molecule has 53 heavy (non-hydrogen) atoms. The van der Waals surface area contributed by atoms with Gasteiger partial charge in [-0.2, -0.15) is 0 Å². The van der Waals surface area contributed by atoms with Crippen LogP contribution in [0, 0.1) is 0 Å². The number of benzene rings is 2. The van der Waals surface area contributed by atoms with Crippen molar-refractivity contribution in [3.05, 3.63) is 90.5 Å². The number of hydrogen-bond donors (Lipinski definition) is 0. The van der Waals surface area contributed by atoms with Gasteiger partial charge in [0.25, 0.3) is 0 Å². The van der Waals surface area contributed by atoms with Gasteiger partial charge in [0.2, 0.25) is 6.33 Å². The van der Waals surface area contributed by atoms with E-state index < -0.39 is 0 Å². The minimum Gasteiger partial charge on any atom is -0.237 e. The maximum atomic E-state index is 2.60. The summed E-state index contributed by atoms with van der Waals surface area (Å²) in [5.41, 5.74) is 2.91. The van der Waals surface area contributed by atoms with Crippen molar-refractivity contribution >= 4 is 0 Å². The first kappa shape index (κ1) is 45.0. The Morgan fingerprint density at radius 3 is 1.34 bits per heavy atom. The number of aryl methyl sites for hydroxylation is 1. The summed E-state index contributed by atoms with van der Waals surface area (Å²) in [6.45, 7) is 8.30. The zero-order valence-corrected chi connectivity index (χ0v) is 35.4. The molecule has 2 aromatic carbocycles. The van der Waals surface area contributed by atoms with Crippen molar-refractivity contribution in [2.75, 3.05) is 0 Å². The lowest BCUT2D eigenvalue weighted by atomic mass is 9.70. The average molecular weight is 726 g/mol. The van der Waals surface area contributed by atoms with E-state index in [0.29, 0.717) is 6.04 Å². The van der Waals surface area contributed by atoms with Crippen LogP contribution in [0.15, 0.2) is 79.4 Å². The highest BCUT2D eigenvalue weighted by atomic mass is 15.1. The third-order valence-corrected chi connectivity index (χ3v) is 12.3. The van der Waals surface area contributed by atoms with Crippen LogP contribution in [0.2, 0.25) is 0 Å². The zero-order valence-electron chi connectivity index (χ0n) is 35.4. The summed E-state index contributed by atoms with van der Waals surface area (Å²) >= 11 is 0. The fraction of sp³-hybridized carbons (Fsp3) is 0.706. The van der Waals surface area contributed by atoms with Gasteiger partial charge in [-0.15, -0.1) is 0 Å². The molecule has 2 unspecified atom stereocenters. The molecule has 0 aliphatic heterocycles. The molecule has 0 amide bonds. The number of imidazole rings is 1. The van der Waals surface area contributed by atoms with Crippen LogP contribution in [0.5, 0.6) is 0 Å². The molecule has 0 aliphatic rings. The van der Waals surface area contributed by atoms with Crippen LogP contribution in [0.25, 0.3) is 0 Å². The molecule has 0 saturated heterocycles. The molecular formula is C51H85N2+. The molecule has 0 radical (unpaired) electrons. The van der Waals surface area contributed by atoms with Crippen LogP contribution >= 0.6 is 0 Å². The first-order chi connectivity index (χ1) is 26.2. The molecule has 3 aromatic rings. The van der Waals surface area contributed by atoms with Crippen molar-refractivity contribution in [2.24, 2.45) is 0 Å². The first-order valence-electron chi connectivity index (χ1n) is 23.3. The van der Waals surface area contributed by atoms with Crippen molar-refractivity contribution in [1.82, 2.24) is 4.57 Å². The van der Waals surface area contributed by atoms with E-state index >= 15 is 0 Å². The Bertz CT molecular complexity index is 1220.